The van der Waals surface area contributed by atoms with Crippen molar-refractivity contribution in [2.24, 2.45) is 0 Å². The van der Waals surface area contributed by atoms with Gasteiger partial charge in [0.15, 0.2) is 0 Å². The summed E-state index contributed by atoms with van der Waals surface area (Å²) >= 11 is 1.84. The number of hydrogen-bond donors (Lipinski definition) is 1. The molecule has 0 aliphatic heterocycles. The van der Waals surface area contributed by atoms with Crippen molar-refractivity contribution in [3.8, 4) is 0 Å². The van der Waals surface area contributed by atoms with Gasteiger partial charge in [-0.1, -0.05) is 13.5 Å². The van der Waals surface area contributed by atoms with Crippen molar-refractivity contribution in [1.29, 1.82) is 0 Å². The van der Waals surface area contributed by atoms with E-state index in [1.165, 1.54) is 0 Å². The molecule has 0 aliphatic rings. The second-order valence-corrected chi connectivity index (χ2v) is 2.95. The highest BCUT2D eigenvalue weighted by atomic mass is 32.2. The third-order valence-corrected chi connectivity index (χ3v) is 2.55. The van der Waals surface area contributed by atoms with Crippen LogP contribution in [0, 0.1) is 0 Å². The molecule has 0 rings (SSSR count). The normalized spacial score (nSPS) is 12.8. The zero-order valence-corrected chi connectivity index (χ0v) is 7.22. The summed E-state index contributed by atoms with van der Waals surface area (Å²) in [6, 6.07) is 0. The average molecular weight is 145 g/mol. The maximum atomic E-state index is 3.88. The fourth-order valence-electron chi connectivity index (χ4n) is 0.716. The molecule has 0 amide bonds. The van der Waals surface area contributed by atoms with Gasteiger partial charge in [0.25, 0.3) is 0 Å². The molecule has 0 aromatic carbocycles. The number of hydrogen-bond acceptors (Lipinski definition) is 2. The van der Waals surface area contributed by atoms with Gasteiger partial charge in [-0.05, 0) is 12.7 Å². The summed E-state index contributed by atoms with van der Waals surface area (Å²) in [5.74, 6) is 0. The van der Waals surface area contributed by atoms with Crippen LogP contribution < -0.4 is 5.32 Å². The van der Waals surface area contributed by atoms with E-state index in [0.29, 0.717) is 5.25 Å². The van der Waals surface area contributed by atoms with E-state index in [1.54, 1.807) is 0 Å². The Balaban J connectivity index is 3.64. The van der Waals surface area contributed by atoms with Crippen LogP contribution in [-0.2, 0) is 0 Å². The Hall–Kier alpha value is -0.110. The predicted octanol–water partition coefficient (Wildman–Crippen LogP) is 1.86. The lowest BCUT2D eigenvalue weighted by molar-refractivity contribution is 0.838. The van der Waals surface area contributed by atoms with Gasteiger partial charge in [-0.3, -0.25) is 0 Å². The zero-order valence-electron chi connectivity index (χ0n) is 6.40. The Morgan fingerprint density at radius 2 is 2.33 bits per heavy atom. The Kier molecular flexibility index (Phi) is 4.68. The molecule has 0 saturated carbocycles. The highest BCUT2D eigenvalue weighted by molar-refractivity contribution is 7.99. The van der Waals surface area contributed by atoms with Crippen LogP contribution in [0.25, 0.3) is 0 Å². The van der Waals surface area contributed by atoms with Crippen molar-refractivity contribution >= 4 is 11.8 Å². The van der Waals surface area contributed by atoms with E-state index < -0.39 is 0 Å². The van der Waals surface area contributed by atoms with E-state index in [4.69, 9.17) is 0 Å². The van der Waals surface area contributed by atoms with Gasteiger partial charge in [-0.15, -0.1) is 0 Å². The van der Waals surface area contributed by atoms with Crippen LogP contribution in [0.4, 0.5) is 0 Å². The van der Waals surface area contributed by atoms with E-state index >= 15 is 0 Å². The molecule has 54 valence electrons. The van der Waals surface area contributed by atoms with Gasteiger partial charge in [0, 0.05) is 18.0 Å². The van der Waals surface area contributed by atoms with Crippen LogP contribution >= 0.6 is 11.8 Å². The molecule has 0 fully saturated rings. The Bertz CT molecular complexity index is 86.9. The van der Waals surface area contributed by atoms with E-state index in [2.05, 4.69) is 25.1 Å². The number of nitrogens with one attached hydrogen (secondary N) is 1. The van der Waals surface area contributed by atoms with Crippen LogP contribution in [-0.4, -0.2) is 18.6 Å². The van der Waals surface area contributed by atoms with Crippen LogP contribution in [0.5, 0.6) is 0 Å². The molecule has 0 bridgehead atoms. The summed E-state index contributed by atoms with van der Waals surface area (Å²) in [5, 5.41) is 3.63. The van der Waals surface area contributed by atoms with Gasteiger partial charge < -0.3 is 5.32 Å². The first-order valence-electron chi connectivity index (χ1n) is 3.15. The fourth-order valence-corrected chi connectivity index (χ4v) is 1.45. The van der Waals surface area contributed by atoms with E-state index in [9.17, 15) is 0 Å². The van der Waals surface area contributed by atoms with Crippen molar-refractivity contribution < 1.29 is 0 Å². The van der Waals surface area contributed by atoms with Gasteiger partial charge in [0.1, 0.15) is 0 Å². The molecule has 0 aliphatic carbocycles. The quantitative estimate of drug-likeness (QED) is 0.648. The summed E-state index contributed by atoms with van der Waals surface area (Å²) in [6.07, 6.45) is 3.26. The third kappa shape index (κ3) is 2.80. The first-order valence-corrected chi connectivity index (χ1v) is 4.44. The van der Waals surface area contributed by atoms with Gasteiger partial charge in [0.05, 0.1) is 0 Å². The highest BCUT2D eigenvalue weighted by Crippen LogP contribution is 2.15. The first-order chi connectivity index (χ1) is 4.26. The van der Waals surface area contributed by atoms with Crippen molar-refractivity contribution in [3.63, 3.8) is 0 Å². The molecular weight excluding hydrogens is 130 g/mol. The van der Waals surface area contributed by atoms with Gasteiger partial charge in [-0.2, -0.15) is 11.8 Å². The lowest BCUT2D eigenvalue weighted by atomic mass is 10.3. The molecule has 1 unspecified atom stereocenters. The minimum atomic E-state index is 0.579. The standard InChI is InChI=1S/C7H15NS/c1-5-7(9-4)6(2)8-3/h7-8H,2,5H2,1,3-4H3. The first kappa shape index (κ1) is 8.89. The lowest BCUT2D eigenvalue weighted by Gasteiger charge is -2.13. The van der Waals surface area contributed by atoms with Crippen molar-refractivity contribution in [2.45, 2.75) is 18.6 Å². The molecule has 2 heteroatoms. The minimum Gasteiger partial charge on any atom is -0.391 e. The van der Waals surface area contributed by atoms with Crippen molar-refractivity contribution in [1.82, 2.24) is 5.32 Å². The second-order valence-electron chi connectivity index (χ2n) is 1.91. The molecular formula is C7H15NS. The number of rotatable bonds is 4. The molecule has 0 radical (unpaired) electrons. The average Bonchev–Trinajstić information content (AvgIpc) is 1.90. The maximum Gasteiger partial charge on any atom is 0.0433 e. The van der Waals surface area contributed by atoms with Crippen molar-refractivity contribution in [2.75, 3.05) is 13.3 Å². The molecule has 0 saturated heterocycles. The number of thioether (sulfide) groups is 1. The molecule has 9 heavy (non-hydrogen) atoms. The summed E-state index contributed by atoms with van der Waals surface area (Å²) in [7, 11) is 1.92. The summed E-state index contributed by atoms with van der Waals surface area (Å²) in [5.41, 5.74) is 1.13. The Morgan fingerprint density at radius 3 is 2.44 bits per heavy atom. The van der Waals surface area contributed by atoms with E-state index in [1.807, 2.05) is 18.8 Å². The molecule has 0 aromatic rings. The largest absolute Gasteiger partial charge is 0.391 e. The SMILES string of the molecule is C=C(NC)C(CC)SC. The maximum absolute atomic E-state index is 3.88. The summed E-state index contributed by atoms with van der Waals surface area (Å²) in [6.45, 7) is 6.05. The summed E-state index contributed by atoms with van der Waals surface area (Å²) < 4.78 is 0. The van der Waals surface area contributed by atoms with Gasteiger partial charge in [0.2, 0.25) is 0 Å². The third-order valence-electron chi connectivity index (χ3n) is 1.37. The molecule has 1 N–H and O–H groups in total. The lowest BCUT2D eigenvalue weighted by Crippen LogP contribution is -2.15. The van der Waals surface area contributed by atoms with Gasteiger partial charge >= 0.3 is 0 Å². The molecule has 0 aromatic heterocycles. The second kappa shape index (κ2) is 4.74. The fraction of sp³-hybridized carbons (Fsp3) is 0.714. The van der Waals surface area contributed by atoms with Crippen LogP contribution in [0.1, 0.15) is 13.3 Å². The van der Waals surface area contributed by atoms with E-state index in [0.717, 1.165) is 12.1 Å². The van der Waals surface area contributed by atoms with Crippen LogP contribution in [0.15, 0.2) is 12.3 Å². The highest BCUT2D eigenvalue weighted by Gasteiger charge is 2.04. The van der Waals surface area contributed by atoms with E-state index in [-0.39, 0.29) is 0 Å². The topological polar surface area (TPSA) is 12.0 Å². The van der Waals surface area contributed by atoms with Crippen LogP contribution in [0.3, 0.4) is 0 Å². The molecule has 1 atom stereocenters. The smallest absolute Gasteiger partial charge is 0.0433 e. The monoisotopic (exact) mass is 145 g/mol. The zero-order chi connectivity index (χ0) is 7.28. The predicted molar refractivity (Wildman–Crippen MR) is 45.8 cm³/mol. The minimum absolute atomic E-state index is 0.579. The van der Waals surface area contributed by atoms with Crippen molar-refractivity contribution in [3.05, 3.63) is 12.3 Å². The molecule has 1 nitrogen and oxygen atoms in total. The molecule has 0 spiro atoms. The van der Waals surface area contributed by atoms with Gasteiger partial charge in [-0.25, -0.2) is 0 Å². The Labute approximate surface area is 61.9 Å². The van der Waals surface area contributed by atoms with Crippen LogP contribution in [0.2, 0.25) is 0 Å². The Morgan fingerprint density at radius 1 is 1.78 bits per heavy atom. The summed E-state index contributed by atoms with van der Waals surface area (Å²) in [4.78, 5) is 0. The molecule has 0 heterocycles.